The molecule has 0 aliphatic rings. The van der Waals surface area contributed by atoms with Crippen molar-refractivity contribution in [3.05, 3.63) is 47.7 Å². The van der Waals surface area contributed by atoms with Crippen LogP contribution in [0.2, 0.25) is 0 Å². The summed E-state index contributed by atoms with van der Waals surface area (Å²) in [6, 6.07) is 6.80. The van der Waals surface area contributed by atoms with Gasteiger partial charge in [0.2, 0.25) is 0 Å². The first-order valence-electron chi connectivity index (χ1n) is 7.73. The Balaban J connectivity index is 2.05. The molecule has 0 bridgehead atoms. The minimum Gasteiger partial charge on any atom is -0.490 e. The Bertz CT molecular complexity index is 808. The fraction of sp³-hybridized carbons (Fsp3) is 0.235. The van der Waals surface area contributed by atoms with Crippen LogP contribution in [0.3, 0.4) is 0 Å². The summed E-state index contributed by atoms with van der Waals surface area (Å²) in [6.07, 6.45) is -2.34. The standard InChI is InChI=1S/C17H16F3N3O4/c1-2-26-14-7-11(3-5-13(14)27-10-16(24)25)8-22-23-15-6-4-12(9-21-15)17(18,19)20/h3-9H,2,10H2,1H3,(H,21,23)(H,24,25)/b22-8-. The smallest absolute Gasteiger partial charge is 0.417 e. The van der Waals surface area contributed by atoms with Gasteiger partial charge in [-0.2, -0.15) is 18.3 Å². The van der Waals surface area contributed by atoms with Crippen molar-refractivity contribution < 1.29 is 32.5 Å². The molecule has 1 aromatic carbocycles. The van der Waals surface area contributed by atoms with E-state index < -0.39 is 24.3 Å². The van der Waals surface area contributed by atoms with Crippen molar-refractivity contribution in [1.82, 2.24) is 4.98 Å². The summed E-state index contributed by atoms with van der Waals surface area (Å²) in [4.78, 5) is 14.2. The number of ether oxygens (including phenoxy) is 2. The predicted octanol–water partition coefficient (Wildman–Crippen LogP) is 3.41. The lowest BCUT2D eigenvalue weighted by Gasteiger charge is -2.11. The van der Waals surface area contributed by atoms with Gasteiger partial charge in [-0.3, -0.25) is 5.43 Å². The summed E-state index contributed by atoms with van der Waals surface area (Å²) in [5.74, 6) is -0.355. The quantitative estimate of drug-likeness (QED) is 0.536. The molecule has 0 unspecified atom stereocenters. The van der Waals surface area contributed by atoms with E-state index in [4.69, 9.17) is 14.6 Å². The van der Waals surface area contributed by atoms with E-state index in [2.05, 4.69) is 15.5 Å². The summed E-state index contributed by atoms with van der Waals surface area (Å²) < 4.78 is 48.0. The number of hydrazone groups is 1. The number of carbonyl (C=O) groups is 1. The van der Waals surface area contributed by atoms with Crippen LogP contribution >= 0.6 is 0 Å². The third kappa shape index (κ3) is 6.17. The second kappa shape index (κ2) is 8.88. The molecule has 2 aromatic rings. The molecule has 10 heteroatoms. The second-order valence-electron chi connectivity index (χ2n) is 5.12. The largest absolute Gasteiger partial charge is 0.490 e. The Kier molecular flexibility index (Phi) is 6.58. The van der Waals surface area contributed by atoms with Crippen LogP contribution in [0.1, 0.15) is 18.1 Å². The fourth-order valence-electron chi connectivity index (χ4n) is 1.93. The van der Waals surface area contributed by atoms with Gasteiger partial charge in [0.15, 0.2) is 18.1 Å². The van der Waals surface area contributed by atoms with Gasteiger partial charge in [-0.1, -0.05) is 0 Å². The van der Waals surface area contributed by atoms with E-state index in [9.17, 15) is 18.0 Å². The van der Waals surface area contributed by atoms with E-state index in [1.807, 2.05) is 0 Å². The Labute approximate surface area is 152 Å². The Morgan fingerprint density at radius 3 is 2.63 bits per heavy atom. The van der Waals surface area contributed by atoms with Gasteiger partial charge in [-0.25, -0.2) is 9.78 Å². The van der Waals surface area contributed by atoms with Crippen LogP contribution in [0.25, 0.3) is 0 Å². The maximum atomic E-state index is 12.5. The molecule has 0 fully saturated rings. The molecule has 1 aromatic heterocycles. The number of nitrogens with zero attached hydrogens (tertiary/aromatic N) is 2. The van der Waals surface area contributed by atoms with Gasteiger partial charge in [-0.15, -0.1) is 0 Å². The molecule has 0 spiro atoms. The molecule has 0 saturated carbocycles. The molecule has 1 heterocycles. The lowest BCUT2D eigenvalue weighted by atomic mass is 10.2. The summed E-state index contributed by atoms with van der Waals surface area (Å²) >= 11 is 0. The number of aliphatic carboxylic acids is 1. The minimum absolute atomic E-state index is 0.144. The number of pyridine rings is 1. The number of carboxylic acids is 1. The molecule has 0 amide bonds. The molecule has 2 rings (SSSR count). The number of benzene rings is 1. The fourth-order valence-corrected chi connectivity index (χ4v) is 1.93. The third-order valence-electron chi connectivity index (χ3n) is 3.10. The molecule has 144 valence electrons. The molecule has 0 aliphatic heterocycles. The van der Waals surface area contributed by atoms with Crippen LogP contribution in [-0.2, 0) is 11.0 Å². The molecule has 27 heavy (non-hydrogen) atoms. The van der Waals surface area contributed by atoms with Crippen molar-refractivity contribution in [2.75, 3.05) is 18.6 Å². The van der Waals surface area contributed by atoms with Gasteiger partial charge in [0, 0.05) is 6.20 Å². The lowest BCUT2D eigenvalue weighted by Crippen LogP contribution is -2.10. The Morgan fingerprint density at radius 2 is 2.04 bits per heavy atom. The number of alkyl halides is 3. The number of rotatable bonds is 8. The highest BCUT2D eigenvalue weighted by Gasteiger charge is 2.30. The maximum Gasteiger partial charge on any atom is 0.417 e. The monoisotopic (exact) mass is 383 g/mol. The summed E-state index contributed by atoms with van der Waals surface area (Å²) in [5.41, 5.74) is 2.27. The zero-order valence-corrected chi connectivity index (χ0v) is 14.2. The number of aromatic nitrogens is 1. The predicted molar refractivity (Wildman–Crippen MR) is 91.2 cm³/mol. The Morgan fingerprint density at radius 1 is 1.26 bits per heavy atom. The average molecular weight is 383 g/mol. The summed E-state index contributed by atoms with van der Waals surface area (Å²) in [6.45, 7) is 1.60. The Hall–Kier alpha value is -3.30. The van der Waals surface area contributed by atoms with Crippen molar-refractivity contribution in [2.45, 2.75) is 13.1 Å². The van der Waals surface area contributed by atoms with E-state index >= 15 is 0 Å². The van der Waals surface area contributed by atoms with Gasteiger partial charge >= 0.3 is 12.1 Å². The highest BCUT2D eigenvalue weighted by atomic mass is 19.4. The van der Waals surface area contributed by atoms with Crippen LogP contribution < -0.4 is 14.9 Å². The SMILES string of the molecule is CCOc1cc(/C=N\Nc2ccc(C(F)(F)F)cn2)ccc1OCC(=O)O. The van der Waals surface area contributed by atoms with Crippen molar-refractivity contribution >= 4 is 18.0 Å². The molecule has 0 atom stereocenters. The topological polar surface area (TPSA) is 93.0 Å². The first-order chi connectivity index (χ1) is 12.8. The van der Waals surface area contributed by atoms with E-state index in [1.165, 1.54) is 12.3 Å². The number of halogens is 3. The van der Waals surface area contributed by atoms with Crippen molar-refractivity contribution in [3.63, 3.8) is 0 Å². The van der Waals surface area contributed by atoms with Crippen LogP contribution in [0.4, 0.5) is 19.0 Å². The van der Waals surface area contributed by atoms with Crippen LogP contribution in [0.5, 0.6) is 11.5 Å². The van der Waals surface area contributed by atoms with E-state index in [-0.39, 0.29) is 11.6 Å². The first kappa shape index (κ1) is 20.0. The highest BCUT2D eigenvalue weighted by molar-refractivity contribution is 5.81. The van der Waals surface area contributed by atoms with Crippen molar-refractivity contribution in [3.8, 4) is 11.5 Å². The molecular formula is C17H16F3N3O4. The van der Waals surface area contributed by atoms with E-state index in [0.29, 0.717) is 24.1 Å². The number of nitrogens with one attached hydrogen (secondary N) is 1. The number of hydrogen-bond donors (Lipinski definition) is 2. The van der Waals surface area contributed by atoms with Crippen LogP contribution in [-0.4, -0.2) is 35.5 Å². The van der Waals surface area contributed by atoms with E-state index in [1.54, 1.807) is 19.1 Å². The van der Waals surface area contributed by atoms with Gasteiger partial charge in [-0.05, 0) is 42.8 Å². The highest BCUT2D eigenvalue weighted by Crippen LogP contribution is 2.29. The molecule has 0 radical (unpaired) electrons. The minimum atomic E-state index is -4.45. The zero-order chi connectivity index (χ0) is 19.9. The van der Waals surface area contributed by atoms with E-state index in [0.717, 1.165) is 12.1 Å². The average Bonchev–Trinajstić information content (AvgIpc) is 2.61. The first-order valence-corrected chi connectivity index (χ1v) is 7.73. The third-order valence-corrected chi connectivity index (χ3v) is 3.10. The number of anilines is 1. The molecule has 0 saturated heterocycles. The van der Waals surface area contributed by atoms with Crippen LogP contribution in [0, 0.1) is 0 Å². The van der Waals surface area contributed by atoms with Crippen molar-refractivity contribution in [1.29, 1.82) is 0 Å². The number of hydrogen-bond acceptors (Lipinski definition) is 6. The molecule has 2 N–H and O–H groups in total. The number of carboxylic acid groups (broad SMARTS) is 1. The van der Waals surface area contributed by atoms with Gasteiger partial charge in [0.1, 0.15) is 5.82 Å². The zero-order valence-electron chi connectivity index (χ0n) is 14.2. The maximum absolute atomic E-state index is 12.5. The summed E-state index contributed by atoms with van der Waals surface area (Å²) in [7, 11) is 0. The van der Waals surface area contributed by atoms with Crippen LogP contribution in [0.15, 0.2) is 41.6 Å². The molecule has 0 aliphatic carbocycles. The van der Waals surface area contributed by atoms with Gasteiger partial charge in [0.05, 0.1) is 18.4 Å². The van der Waals surface area contributed by atoms with Gasteiger partial charge in [0.25, 0.3) is 0 Å². The van der Waals surface area contributed by atoms with Gasteiger partial charge < -0.3 is 14.6 Å². The normalized spacial score (nSPS) is 11.4. The lowest BCUT2D eigenvalue weighted by molar-refractivity contribution is -0.139. The van der Waals surface area contributed by atoms with Crippen molar-refractivity contribution in [2.24, 2.45) is 5.10 Å². The molecular weight excluding hydrogens is 367 g/mol. The second-order valence-corrected chi connectivity index (χ2v) is 5.12. The molecule has 7 nitrogen and oxygen atoms in total. The summed E-state index contributed by atoms with van der Waals surface area (Å²) in [5, 5.41) is 12.6.